The Balaban J connectivity index is 1.40. The molecule has 3 aromatic rings. The number of hydrogen-bond acceptors (Lipinski definition) is 7. The third-order valence-corrected chi connectivity index (χ3v) is 6.17. The minimum atomic E-state index is 0.117. The van der Waals surface area contributed by atoms with Gasteiger partial charge in [-0.3, -0.25) is 4.79 Å². The zero-order chi connectivity index (χ0) is 21.2. The molecular weight excluding hydrogens is 388 g/mol. The van der Waals surface area contributed by atoms with Crippen LogP contribution in [0, 0.1) is 0 Å². The molecule has 1 aliphatic heterocycles. The van der Waals surface area contributed by atoms with Gasteiger partial charge in [0, 0.05) is 45.8 Å². The van der Waals surface area contributed by atoms with E-state index in [2.05, 4.69) is 32.2 Å². The lowest BCUT2D eigenvalue weighted by Gasteiger charge is -2.36. The van der Waals surface area contributed by atoms with Crippen LogP contribution in [0.4, 0.5) is 17.6 Å². The number of piperazine rings is 1. The largest absolute Gasteiger partial charge is 0.372 e. The number of aromatic nitrogens is 3. The number of fused-ring (bicyclic) bond motifs is 1. The van der Waals surface area contributed by atoms with Gasteiger partial charge >= 0.3 is 0 Å². The number of pyridine rings is 1. The van der Waals surface area contributed by atoms with E-state index in [9.17, 15) is 4.79 Å². The molecule has 0 amide bonds. The fraction of sp³-hybridized carbons (Fsp3) is 0.333. The van der Waals surface area contributed by atoms with Crippen LogP contribution in [-0.2, 0) is 6.42 Å². The van der Waals surface area contributed by atoms with Crippen LogP contribution in [0.2, 0.25) is 0 Å². The van der Waals surface area contributed by atoms with Crippen LogP contribution in [0.1, 0.15) is 34.0 Å². The number of anilines is 3. The number of rotatable bonds is 4. The summed E-state index contributed by atoms with van der Waals surface area (Å²) in [4.78, 5) is 31.5. The van der Waals surface area contributed by atoms with E-state index in [0.717, 1.165) is 44.1 Å². The maximum Gasteiger partial charge on any atom is 0.227 e. The van der Waals surface area contributed by atoms with E-state index < -0.39 is 0 Å². The number of Topliss-reactive ketones (excluding diaryl/α,β-unsaturated/α-hetero) is 1. The quantitative estimate of drug-likeness (QED) is 0.703. The van der Waals surface area contributed by atoms with Gasteiger partial charge in [-0.25, -0.2) is 9.97 Å². The Kier molecular flexibility index (Phi) is 5.24. The second-order valence-electron chi connectivity index (χ2n) is 8.04. The average molecular weight is 415 g/mol. The molecule has 1 N–H and O–H groups in total. The molecule has 7 heteroatoms. The minimum absolute atomic E-state index is 0.117. The summed E-state index contributed by atoms with van der Waals surface area (Å²) in [5.74, 6) is 2.62. The number of carbonyl (C=O) groups excluding carboxylic acids is 1. The normalized spacial score (nSPS) is 18.6. The minimum Gasteiger partial charge on any atom is -0.372 e. The molecule has 158 valence electrons. The van der Waals surface area contributed by atoms with Gasteiger partial charge in [0.15, 0.2) is 5.78 Å². The molecule has 2 aliphatic rings. The summed E-state index contributed by atoms with van der Waals surface area (Å²) in [5.41, 5.74) is 2.70. The van der Waals surface area contributed by atoms with Crippen LogP contribution < -0.4 is 15.1 Å². The first-order valence-corrected chi connectivity index (χ1v) is 10.8. The second-order valence-corrected chi connectivity index (χ2v) is 8.04. The van der Waals surface area contributed by atoms with Gasteiger partial charge in [0.05, 0.1) is 11.3 Å². The lowest BCUT2D eigenvalue weighted by molar-refractivity contribution is 0.0963. The van der Waals surface area contributed by atoms with E-state index >= 15 is 0 Å². The topological polar surface area (TPSA) is 74.2 Å². The number of hydrogen-bond donors (Lipinski definition) is 1. The van der Waals surface area contributed by atoms with Crippen molar-refractivity contribution in [1.82, 2.24) is 15.0 Å². The lowest BCUT2D eigenvalue weighted by Crippen LogP contribution is -2.47. The van der Waals surface area contributed by atoms with Crippen LogP contribution in [0.5, 0.6) is 0 Å². The summed E-state index contributed by atoms with van der Waals surface area (Å²) in [6, 6.07) is 16.2. The van der Waals surface area contributed by atoms with E-state index in [0.29, 0.717) is 23.8 Å². The summed E-state index contributed by atoms with van der Waals surface area (Å²) in [6.07, 6.45) is 3.08. The van der Waals surface area contributed by atoms with Gasteiger partial charge < -0.3 is 15.1 Å². The standard InChI is InChI=1S/C24H26N6O/c1-25-23-22-19(15-18(16-20(22)31)17-7-3-2-4-8-17)27-24(28-23)30-13-11-29(12-14-30)21-9-5-6-10-26-21/h2-10,18H,11-16H2,1H3,(H,25,27,28)/t18-/m0/s1. The fourth-order valence-electron chi connectivity index (χ4n) is 4.53. The summed E-state index contributed by atoms with van der Waals surface area (Å²) in [7, 11) is 1.82. The van der Waals surface area contributed by atoms with Gasteiger partial charge in [0.25, 0.3) is 0 Å². The van der Waals surface area contributed by atoms with E-state index in [4.69, 9.17) is 9.97 Å². The summed E-state index contributed by atoms with van der Waals surface area (Å²) in [6.45, 7) is 3.35. The van der Waals surface area contributed by atoms with E-state index in [1.807, 2.05) is 49.6 Å². The Morgan fingerprint density at radius 2 is 1.65 bits per heavy atom. The molecule has 0 radical (unpaired) electrons. The summed E-state index contributed by atoms with van der Waals surface area (Å²) in [5, 5.41) is 3.14. The summed E-state index contributed by atoms with van der Waals surface area (Å²) < 4.78 is 0. The Morgan fingerprint density at radius 3 is 2.35 bits per heavy atom. The van der Waals surface area contributed by atoms with Crippen LogP contribution >= 0.6 is 0 Å². The Bertz CT molecular complexity index is 1060. The van der Waals surface area contributed by atoms with Crippen molar-refractivity contribution in [3.63, 3.8) is 0 Å². The molecule has 0 saturated carbocycles. The highest BCUT2D eigenvalue weighted by molar-refractivity contribution is 6.03. The van der Waals surface area contributed by atoms with Gasteiger partial charge in [-0.15, -0.1) is 0 Å². The Hall–Kier alpha value is -3.48. The van der Waals surface area contributed by atoms with Gasteiger partial charge in [-0.1, -0.05) is 36.4 Å². The molecule has 1 atom stereocenters. The molecule has 7 nitrogen and oxygen atoms in total. The lowest BCUT2D eigenvalue weighted by atomic mass is 9.82. The van der Waals surface area contributed by atoms with Crippen molar-refractivity contribution in [3.8, 4) is 0 Å². The number of benzene rings is 1. The SMILES string of the molecule is CNc1nc(N2CCN(c3ccccn3)CC2)nc2c1C(=O)C[C@@H](c1ccccc1)C2. The van der Waals surface area contributed by atoms with Crippen molar-refractivity contribution in [1.29, 1.82) is 0 Å². The molecule has 0 unspecified atom stereocenters. The molecule has 5 rings (SSSR count). The molecule has 1 fully saturated rings. The van der Waals surface area contributed by atoms with Crippen LogP contribution in [0.15, 0.2) is 54.7 Å². The first kappa shape index (κ1) is 19.5. The zero-order valence-corrected chi connectivity index (χ0v) is 17.7. The molecule has 1 aliphatic carbocycles. The van der Waals surface area contributed by atoms with Gasteiger partial charge in [-0.2, -0.15) is 4.98 Å². The highest BCUT2D eigenvalue weighted by atomic mass is 16.1. The van der Waals surface area contributed by atoms with Crippen molar-refractivity contribution in [2.75, 3.05) is 48.3 Å². The molecule has 2 aromatic heterocycles. The number of nitrogens with zero attached hydrogens (tertiary/aromatic N) is 5. The first-order valence-electron chi connectivity index (χ1n) is 10.8. The van der Waals surface area contributed by atoms with Crippen LogP contribution in [0.3, 0.4) is 0 Å². The zero-order valence-electron chi connectivity index (χ0n) is 17.7. The van der Waals surface area contributed by atoms with Crippen molar-refractivity contribution in [3.05, 3.63) is 71.5 Å². The molecular formula is C24H26N6O. The highest BCUT2D eigenvalue weighted by Crippen LogP contribution is 2.35. The first-order chi connectivity index (χ1) is 15.2. The smallest absolute Gasteiger partial charge is 0.227 e. The van der Waals surface area contributed by atoms with Crippen LogP contribution in [-0.4, -0.2) is 54.0 Å². The van der Waals surface area contributed by atoms with Crippen molar-refractivity contribution < 1.29 is 4.79 Å². The highest BCUT2D eigenvalue weighted by Gasteiger charge is 2.32. The molecule has 0 spiro atoms. The average Bonchev–Trinajstić information content (AvgIpc) is 2.84. The number of carbonyl (C=O) groups is 1. The van der Waals surface area contributed by atoms with E-state index in [1.54, 1.807) is 0 Å². The predicted octanol–water partition coefficient (Wildman–Crippen LogP) is 3.15. The van der Waals surface area contributed by atoms with Gasteiger partial charge in [-0.05, 0) is 30.0 Å². The van der Waals surface area contributed by atoms with Crippen molar-refractivity contribution in [2.24, 2.45) is 0 Å². The Morgan fingerprint density at radius 1 is 0.903 bits per heavy atom. The van der Waals surface area contributed by atoms with E-state index in [1.165, 1.54) is 5.56 Å². The third-order valence-electron chi connectivity index (χ3n) is 6.17. The van der Waals surface area contributed by atoms with Gasteiger partial charge in [0.1, 0.15) is 11.6 Å². The molecule has 3 heterocycles. The maximum absolute atomic E-state index is 13.0. The monoisotopic (exact) mass is 414 g/mol. The number of ketones is 1. The fourth-order valence-corrected chi connectivity index (χ4v) is 4.53. The maximum atomic E-state index is 13.0. The molecule has 31 heavy (non-hydrogen) atoms. The van der Waals surface area contributed by atoms with Crippen molar-refractivity contribution in [2.45, 2.75) is 18.8 Å². The Labute approximate surface area is 182 Å². The third kappa shape index (κ3) is 3.83. The predicted molar refractivity (Wildman–Crippen MR) is 122 cm³/mol. The molecule has 1 aromatic carbocycles. The second kappa shape index (κ2) is 8.34. The molecule has 1 saturated heterocycles. The molecule has 0 bridgehead atoms. The summed E-state index contributed by atoms with van der Waals surface area (Å²) >= 11 is 0. The van der Waals surface area contributed by atoms with Crippen LogP contribution in [0.25, 0.3) is 0 Å². The van der Waals surface area contributed by atoms with E-state index in [-0.39, 0.29) is 11.7 Å². The van der Waals surface area contributed by atoms with Crippen molar-refractivity contribution >= 4 is 23.4 Å². The van der Waals surface area contributed by atoms with Gasteiger partial charge in [0.2, 0.25) is 5.95 Å². The number of nitrogens with one attached hydrogen (secondary N) is 1.